The van der Waals surface area contributed by atoms with E-state index < -0.39 is 0 Å². The van der Waals surface area contributed by atoms with Crippen molar-refractivity contribution in [2.45, 2.75) is 37.4 Å². The van der Waals surface area contributed by atoms with Gasteiger partial charge in [0.1, 0.15) is 5.75 Å². The number of halogens is 1. The summed E-state index contributed by atoms with van der Waals surface area (Å²) in [5, 5.41) is 7.60. The standard InChI is InChI=1S/C18H29N3OS.HI/c1-19-18(21-14-17-7-5-13-23-17)20-12-4-3-6-15-8-10-16(22-2)11-9-15;/h8-11,17H,3-7,12-14H2,1-2H3,(H2,19,20,21);1H. The van der Waals surface area contributed by atoms with Crippen LogP contribution in [-0.4, -0.2) is 44.2 Å². The van der Waals surface area contributed by atoms with Crippen molar-refractivity contribution in [1.82, 2.24) is 10.6 Å². The van der Waals surface area contributed by atoms with Crippen LogP contribution in [0.15, 0.2) is 29.3 Å². The van der Waals surface area contributed by atoms with Crippen LogP contribution in [0.3, 0.4) is 0 Å². The van der Waals surface area contributed by atoms with Crippen LogP contribution < -0.4 is 15.4 Å². The van der Waals surface area contributed by atoms with E-state index in [-0.39, 0.29) is 24.0 Å². The first kappa shape index (κ1) is 21.4. The van der Waals surface area contributed by atoms with E-state index in [4.69, 9.17) is 4.74 Å². The third-order valence-electron chi connectivity index (χ3n) is 4.09. The highest BCUT2D eigenvalue weighted by Crippen LogP contribution is 2.25. The van der Waals surface area contributed by atoms with Crippen LogP contribution in [-0.2, 0) is 6.42 Å². The van der Waals surface area contributed by atoms with E-state index in [9.17, 15) is 0 Å². The second-order valence-electron chi connectivity index (χ2n) is 5.82. The molecule has 1 saturated heterocycles. The number of nitrogens with zero attached hydrogens (tertiary/aromatic N) is 1. The first-order valence-corrected chi connectivity index (χ1v) is 9.55. The predicted octanol–water partition coefficient (Wildman–Crippen LogP) is 3.70. The van der Waals surface area contributed by atoms with E-state index in [0.29, 0.717) is 0 Å². The number of guanidine groups is 1. The minimum absolute atomic E-state index is 0. The predicted molar refractivity (Wildman–Crippen MR) is 116 cm³/mol. The van der Waals surface area contributed by atoms with E-state index in [0.717, 1.165) is 42.9 Å². The highest BCUT2D eigenvalue weighted by atomic mass is 127. The maximum Gasteiger partial charge on any atom is 0.191 e. The van der Waals surface area contributed by atoms with Crippen molar-refractivity contribution in [3.8, 4) is 5.75 Å². The van der Waals surface area contributed by atoms with Gasteiger partial charge in [-0.1, -0.05) is 12.1 Å². The molecule has 1 fully saturated rings. The van der Waals surface area contributed by atoms with Crippen LogP contribution >= 0.6 is 35.7 Å². The van der Waals surface area contributed by atoms with Gasteiger partial charge in [-0.05, 0) is 55.6 Å². The van der Waals surface area contributed by atoms with Gasteiger partial charge < -0.3 is 15.4 Å². The molecular formula is C18H30IN3OS. The Morgan fingerprint density at radius 2 is 2.04 bits per heavy atom. The van der Waals surface area contributed by atoms with E-state index >= 15 is 0 Å². The van der Waals surface area contributed by atoms with Gasteiger partial charge in [-0.2, -0.15) is 11.8 Å². The van der Waals surface area contributed by atoms with E-state index in [1.165, 1.54) is 30.6 Å². The van der Waals surface area contributed by atoms with Gasteiger partial charge in [0.25, 0.3) is 0 Å². The zero-order chi connectivity index (χ0) is 16.3. The molecule has 2 N–H and O–H groups in total. The fourth-order valence-electron chi connectivity index (χ4n) is 2.69. The average molecular weight is 463 g/mol. The first-order valence-electron chi connectivity index (χ1n) is 8.51. The molecule has 1 unspecified atom stereocenters. The van der Waals surface area contributed by atoms with Crippen molar-refractivity contribution < 1.29 is 4.74 Å². The number of rotatable bonds is 8. The lowest BCUT2D eigenvalue weighted by molar-refractivity contribution is 0.414. The number of nitrogens with one attached hydrogen (secondary N) is 2. The number of ether oxygens (including phenoxy) is 1. The molecule has 6 heteroatoms. The molecule has 4 nitrogen and oxygen atoms in total. The summed E-state index contributed by atoms with van der Waals surface area (Å²) in [6.07, 6.45) is 6.11. The van der Waals surface area contributed by atoms with E-state index in [2.05, 4.69) is 39.5 Å². The van der Waals surface area contributed by atoms with Crippen LogP contribution in [0.4, 0.5) is 0 Å². The lowest BCUT2D eigenvalue weighted by atomic mass is 10.1. The number of methoxy groups -OCH3 is 1. The zero-order valence-electron chi connectivity index (χ0n) is 14.7. The van der Waals surface area contributed by atoms with Gasteiger partial charge in [0.2, 0.25) is 0 Å². The summed E-state index contributed by atoms with van der Waals surface area (Å²) in [7, 11) is 3.54. The van der Waals surface area contributed by atoms with Gasteiger partial charge >= 0.3 is 0 Å². The maximum absolute atomic E-state index is 5.18. The van der Waals surface area contributed by atoms with Gasteiger partial charge in [-0.25, -0.2) is 0 Å². The summed E-state index contributed by atoms with van der Waals surface area (Å²) in [5.74, 6) is 3.16. The van der Waals surface area contributed by atoms with Crippen LogP contribution in [0, 0.1) is 0 Å². The molecule has 1 aliphatic rings. The SMILES string of the molecule is CN=C(NCCCCc1ccc(OC)cc1)NCC1CCCS1.I. The number of aliphatic imine (C=N–C) groups is 1. The number of benzene rings is 1. The van der Waals surface area contributed by atoms with E-state index in [1.54, 1.807) is 7.11 Å². The van der Waals surface area contributed by atoms with Gasteiger partial charge in [-0.15, -0.1) is 24.0 Å². The molecule has 0 bridgehead atoms. The monoisotopic (exact) mass is 463 g/mol. The Kier molecular flexibility index (Phi) is 11.3. The Morgan fingerprint density at radius 3 is 2.67 bits per heavy atom. The Labute approximate surface area is 167 Å². The molecule has 1 atom stereocenters. The zero-order valence-corrected chi connectivity index (χ0v) is 17.9. The smallest absolute Gasteiger partial charge is 0.191 e. The number of unbranched alkanes of at least 4 members (excludes halogenated alkanes) is 1. The third-order valence-corrected chi connectivity index (χ3v) is 5.49. The largest absolute Gasteiger partial charge is 0.497 e. The second kappa shape index (κ2) is 12.7. The molecule has 0 aromatic heterocycles. The van der Waals surface area contributed by atoms with Crippen molar-refractivity contribution >= 4 is 41.7 Å². The number of hydrogen-bond acceptors (Lipinski definition) is 3. The molecule has 24 heavy (non-hydrogen) atoms. The lowest BCUT2D eigenvalue weighted by Crippen LogP contribution is -2.40. The van der Waals surface area contributed by atoms with Crippen LogP contribution in [0.25, 0.3) is 0 Å². The fourth-order valence-corrected chi connectivity index (χ4v) is 3.89. The highest BCUT2D eigenvalue weighted by molar-refractivity contribution is 14.0. The Balaban J connectivity index is 0.00000288. The van der Waals surface area contributed by atoms with Crippen LogP contribution in [0.5, 0.6) is 5.75 Å². The molecule has 0 radical (unpaired) electrons. The molecule has 2 rings (SSSR count). The Hall–Kier alpha value is -0.630. The molecule has 0 amide bonds. The van der Waals surface area contributed by atoms with Crippen molar-refractivity contribution in [2.24, 2.45) is 4.99 Å². The van der Waals surface area contributed by atoms with Gasteiger partial charge in [0.05, 0.1) is 7.11 Å². The molecule has 1 aliphatic heterocycles. The normalized spacial score (nSPS) is 17.2. The molecule has 1 heterocycles. The average Bonchev–Trinajstić information content (AvgIpc) is 3.11. The van der Waals surface area contributed by atoms with Crippen molar-refractivity contribution in [1.29, 1.82) is 0 Å². The Morgan fingerprint density at radius 1 is 1.25 bits per heavy atom. The maximum atomic E-state index is 5.18. The number of hydrogen-bond donors (Lipinski definition) is 2. The topological polar surface area (TPSA) is 45.7 Å². The molecule has 136 valence electrons. The minimum atomic E-state index is 0. The van der Waals surface area contributed by atoms with Crippen LogP contribution in [0.1, 0.15) is 31.2 Å². The fraction of sp³-hybridized carbons (Fsp3) is 0.611. The van der Waals surface area contributed by atoms with Gasteiger partial charge in [0, 0.05) is 25.4 Å². The molecular weight excluding hydrogens is 433 g/mol. The summed E-state index contributed by atoms with van der Waals surface area (Å²) in [4.78, 5) is 4.30. The first-order chi connectivity index (χ1) is 11.3. The lowest BCUT2D eigenvalue weighted by Gasteiger charge is -2.14. The van der Waals surface area contributed by atoms with Crippen molar-refractivity contribution in [3.63, 3.8) is 0 Å². The van der Waals surface area contributed by atoms with Crippen molar-refractivity contribution in [2.75, 3.05) is 33.0 Å². The summed E-state index contributed by atoms with van der Waals surface area (Å²) in [6, 6.07) is 8.35. The molecule has 1 aromatic carbocycles. The second-order valence-corrected chi connectivity index (χ2v) is 7.23. The third kappa shape index (κ3) is 7.96. The van der Waals surface area contributed by atoms with Crippen molar-refractivity contribution in [3.05, 3.63) is 29.8 Å². The minimum Gasteiger partial charge on any atom is -0.497 e. The van der Waals surface area contributed by atoms with Crippen LogP contribution in [0.2, 0.25) is 0 Å². The molecule has 0 saturated carbocycles. The number of aryl methyl sites for hydroxylation is 1. The highest BCUT2D eigenvalue weighted by Gasteiger charge is 2.15. The van der Waals surface area contributed by atoms with E-state index in [1.807, 2.05) is 19.2 Å². The molecule has 0 spiro atoms. The summed E-state index contributed by atoms with van der Waals surface area (Å²) in [5.41, 5.74) is 1.37. The molecule has 1 aromatic rings. The number of thioether (sulfide) groups is 1. The summed E-state index contributed by atoms with van der Waals surface area (Å²) < 4.78 is 5.18. The Bertz CT molecular complexity index is 476. The summed E-state index contributed by atoms with van der Waals surface area (Å²) in [6.45, 7) is 1.99. The van der Waals surface area contributed by atoms with Gasteiger partial charge in [0.15, 0.2) is 5.96 Å². The summed E-state index contributed by atoms with van der Waals surface area (Å²) >= 11 is 2.07. The molecule has 0 aliphatic carbocycles. The van der Waals surface area contributed by atoms with Gasteiger partial charge in [-0.3, -0.25) is 4.99 Å². The quantitative estimate of drug-likeness (QED) is 0.267.